The van der Waals surface area contributed by atoms with Crippen molar-refractivity contribution in [3.63, 3.8) is 0 Å². The van der Waals surface area contributed by atoms with Gasteiger partial charge in [-0.1, -0.05) is 35.3 Å². The topological polar surface area (TPSA) is 102 Å². The number of hydrogen-bond donors (Lipinski definition) is 4. The van der Waals surface area contributed by atoms with Crippen LogP contribution in [0.2, 0.25) is 10.0 Å². The molecule has 108 valence electrons. The molecule has 2 rings (SSSR count). The number of nitrogens with zero attached hydrogens (tertiary/aromatic N) is 1. The molecular weight excluding hydrogens is 365 g/mol. The second-order valence-electron chi connectivity index (χ2n) is 4.40. The average Bonchev–Trinajstić information content (AvgIpc) is 2.38. The standard InChI is InChI=1S/C12H14BrCl2N5/c13-11-12(18,4-5-16)20-10(17)9(19-11)6-2-1-3-7(14)8(6)15/h1-3,20H,4-5,16-18H2. The molecule has 1 aliphatic heterocycles. The molecule has 0 spiro atoms. The zero-order chi connectivity index (χ0) is 14.9. The van der Waals surface area contributed by atoms with E-state index >= 15 is 0 Å². The normalized spacial score (nSPS) is 22.6. The Balaban J connectivity index is 2.47. The molecule has 8 heteroatoms. The molecular formula is C12H14BrCl2N5. The van der Waals surface area contributed by atoms with Crippen molar-refractivity contribution in [3.05, 3.63) is 39.6 Å². The second kappa shape index (κ2) is 5.91. The summed E-state index contributed by atoms with van der Waals surface area (Å²) in [7, 11) is 0. The van der Waals surface area contributed by atoms with Gasteiger partial charge in [0.05, 0.1) is 10.0 Å². The van der Waals surface area contributed by atoms with E-state index in [1.165, 1.54) is 0 Å². The molecule has 5 nitrogen and oxygen atoms in total. The van der Waals surface area contributed by atoms with Crippen molar-refractivity contribution in [1.82, 2.24) is 5.32 Å². The lowest BCUT2D eigenvalue weighted by molar-refractivity contribution is 0.461. The smallest absolute Gasteiger partial charge is 0.139 e. The first-order chi connectivity index (χ1) is 9.39. The largest absolute Gasteiger partial charge is 0.384 e. The first-order valence-electron chi connectivity index (χ1n) is 5.85. The van der Waals surface area contributed by atoms with Gasteiger partial charge in [0.2, 0.25) is 0 Å². The molecule has 0 radical (unpaired) electrons. The van der Waals surface area contributed by atoms with E-state index in [1.54, 1.807) is 18.2 Å². The Morgan fingerprint density at radius 2 is 2.05 bits per heavy atom. The van der Waals surface area contributed by atoms with Crippen LogP contribution in [0.25, 0.3) is 5.70 Å². The third-order valence-electron chi connectivity index (χ3n) is 2.94. The first-order valence-corrected chi connectivity index (χ1v) is 7.40. The monoisotopic (exact) mass is 377 g/mol. The van der Waals surface area contributed by atoms with Gasteiger partial charge in [-0.25, -0.2) is 4.99 Å². The molecule has 1 atom stereocenters. The zero-order valence-corrected chi connectivity index (χ0v) is 13.6. The Morgan fingerprint density at radius 1 is 1.35 bits per heavy atom. The van der Waals surface area contributed by atoms with Crippen LogP contribution < -0.4 is 22.5 Å². The molecule has 0 amide bonds. The Kier molecular flexibility index (Phi) is 4.61. The minimum absolute atomic E-state index is 0.327. The molecule has 0 saturated carbocycles. The Labute approximate surface area is 135 Å². The average molecular weight is 379 g/mol. The predicted molar refractivity (Wildman–Crippen MR) is 87.7 cm³/mol. The van der Waals surface area contributed by atoms with Crippen LogP contribution in [0.1, 0.15) is 12.0 Å². The molecule has 1 aromatic carbocycles. The summed E-state index contributed by atoms with van der Waals surface area (Å²) in [4.78, 5) is 4.41. The van der Waals surface area contributed by atoms with Crippen LogP contribution in [-0.2, 0) is 0 Å². The van der Waals surface area contributed by atoms with Gasteiger partial charge in [0, 0.05) is 12.0 Å². The summed E-state index contributed by atoms with van der Waals surface area (Å²) in [6.45, 7) is 0.397. The fourth-order valence-corrected chi connectivity index (χ4v) is 2.76. The second-order valence-corrected chi connectivity index (χ2v) is 5.94. The lowest BCUT2D eigenvalue weighted by atomic mass is 10.1. The summed E-state index contributed by atoms with van der Waals surface area (Å²) in [5.74, 6) is 0.327. The van der Waals surface area contributed by atoms with Crippen molar-refractivity contribution < 1.29 is 0 Å². The molecule has 0 saturated heterocycles. The van der Waals surface area contributed by atoms with Gasteiger partial charge in [-0.2, -0.15) is 0 Å². The molecule has 0 bridgehead atoms. The van der Waals surface area contributed by atoms with Crippen LogP contribution in [0.4, 0.5) is 0 Å². The van der Waals surface area contributed by atoms with Gasteiger partial charge >= 0.3 is 0 Å². The first kappa shape index (κ1) is 15.6. The van der Waals surface area contributed by atoms with Gasteiger partial charge in [0.15, 0.2) is 0 Å². The van der Waals surface area contributed by atoms with E-state index in [0.29, 0.717) is 44.7 Å². The van der Waals surface area contributed by atoms with Gasteiger partial charge < -0.3 is 22.5 Å². The maximum atomic E-state index is 6.19. The highest BCUT2D eigenvalue weighted by Crippen LogP contribution is 2.34. The van der Waals surface area contributed by atoms with E-state index in [4.69, 9.17) is 40.4 Å². The van der Waals surface area contributed by atoms with Crippen molar-refractivity contribution in [2.45, 2.75) is 12.1 Å². The summed E-state index contributed by atoms with van der Waals surface area (Å²) in [5.41, 5.74) is 18.0. The molecule has 1 aromatic rings. The number of nitrogens with one attached hydrogen (secondary N) is 1. The van der Waals surface area contributed by atoms with Crippen LogP contribution >= 0.6 is 39.1 Å². The minimum atomic E-state index is -0.909. The molecule has 0 aromatic heterocycles. The lowest BCUT2D eigenvalue weighted by Crippen LogP contribution is -2.61. The predicted octanol–water partition coefficient (Wildman–Crippen LogP) is 1.98. The maximum Gasteiger partial charge on any atom is 0.139 e. The van der Waals surface area contributed by atoms with Gasteiger partial charge in [-0.3, -0.25) is 0 Å². The third-order valence-corrected chi connectivity index (χ3v) is 4.64. The van der Waals surface area contributed by atoms with Crippen molar-refractivity contribution >= 4 is 49.4 Å². The van der Waals surface area contributed by atoms with E-state index in [-0.39, 0.29) is 0 Å². The molecule has 1 heterocycles. The third kappa shape index (κ3) is 2.80. The molecule has 0 fully saturated rings. The van der Waals surface area contributed by atoms with Crippen LogP contribution in [0.3, 0.4) is 0 Å². The SMILES string of the molecule is NCCC1(N)NC(N)=C(c2cccc(Cl)c2Cl)N=C1Br. The Hall–Kier alpha value is -0.790. The van der Waals surface area contributed by atoms with Crippen LogP contribution in [0, 0.1) is 0 Å². The van der Waals surface area contributed by atoms with Gasteiger partial charge in [-0.15, -0.1) is 0 Å². The number of rotatable bonds is 3. The fourth-order valence-electron chi connectivity index (χ4n) is 1.89. The van der Waals surface area contributed by atoms with E-state index < -0.39 is 5.66 Å². The van der Waals surface area contributed by atoms with Crippen molar-refractivity contribution in [2.24, 2.45) is 22.2 Å². The van der Waals surface area contributed by atoms with Gasteiger partial charge in [0.1, 0.15) is 21.8 Å². The molecule has 1 unspecified atom stereocenters. The summed E-state index contributed by atoms with van der Waals surface area (Å²) in [5, 5.41) is 3.84. The molecule has 0 aliphatic carbocycles. The van der Waals surface area contributed by atoms with E-state index in [2.05, 4.69) is 26.2 Å². The number of benzene rings is 1. The van der Waals surface area contributed by atoms with E-state index in [1.807, 2.05) is 0 Å². The summed E-state index contributed by atoms with van der Waals surface area (Å²) >= 11 is 15.6. The molecule has 7 N–H and O–H groups in total. The molecule has 1 aliphatic rings. The quantitative estimate of drug-likeness (QED) is 0.645. The number of halogens is 3. The van der Waals surface area contributed by atoms with Crippen LogP contribution in [0.5, 0.6) is 0 Å². The van der Waals surface area contributed by atoms with Crippen LogP contribution in [0.15, 0.2) is 29.0 Å². The van der Waals surface area contributed by atoms with Crippen molar-refractivity contribution in [3.8, 4) is 0 Å². The summed E-state index contributed by atoms with van der Waals surface area (Å²) < 4.78 is 0.510. The number of aliphatic imine (C=N–C) groups is 1. The highest BCUT2D eigenvalue weighted by Gasteiger charge is 2.34. The van der Waals surface area contributed by atoms with Gasteiger partial charge in [-0.05, 0) is 28.5 Å². The van der Waals surface area contributed by atoms with E-state index in [0.717, 1.165) is 0 Å². The number of nitrogens with two attached hydrogens (primary N) is 3. The lowest BCUT2D eigenvalue weighted by Gasteiger charge is -2.34. The van der Waals surface area contributed by atoms with Crippen LogP contribution in [-0.4, -0.2) is 16.8 Å². The highest BCUT2D eigenvalue weighted by molar-refractivity contribution is 9.18. The van der Waals surface area contributed by atoms with Crippen molar-refractivity contribution in [1.29, 1.82) is 0 Å². The summed E-state index contributed by atoms with van der Waals surface area (Å²) in [6.07, 6.45) is 0.480. The summed E-state index contributed by atoms with van der Waals surface area (Å²) in [6, 6.07) is 5.26. The number of hydrogen-bond acceptors (Lipinski definition) is 5. The van der Waals surface area contributed by atoms with Crippen molar-refractivity contribution in [2.75, 3.05) is 6.54 Å². The Bertz CT molecular complexity index is 602. The molecule has 20 heavy (non-hydrogen) atoms. The zero-order valence-electron chi connectivity index (χ0n) is 10.5. The Morgan fingerprint density at radius 3 is 2.70 bits per heavy atom. The fraction of sp³-hybridized carbons (Fsp3) is 0.250. The van der Waals surface area contributed by atoms with Gasteiger partial charge in [0.25, 0.3) is 0 Å². The highest BCUT2D eigenvalue weighted by atomic mass is 79.9. The minimum Gasteiger partial charge on any atom is -0.384 e. The maximum absolute atomic E-state index is 6.19. The van der Waals surface area contributed by atoms with E-state index in [9.17, 15) is 0 Å².